The molecule has 0 bridgehead atoms. The van der Waals surface area contributed by atoms with Gasteiger partial charge in [0.2, 0.25) is 15.9 Å². The van der Waals surface area contributed by atoms with Crippen LogP contribution in [0.1, 0.15) is 20.3 Å². The molecular weight excluding hydrogens is 412 g/mol. The van der Waals surface area contributed by atoms with Gasteiger partial charge in [0.15, 0.2) is 0 Å². The zero-order valence-electron chi connectivity index (χ0n) is 11.1. The smallest absolute Gasteiger partial charge is 0.242 e. The van der Waals surface area contributed by atoms with Crippen molar-refractivity contribution in [3.63, 3.8) is 0 Å². The maximum Gasteiger partial charge on any atom is 0.242 e. The molecular formula is C12H16Br2N2O3S. The highest BCUT2D eigenvalue weighted by molar-refractivity contribution is 9.11. The van der Waals surface area contributed by atoms with Crippen LogP contribution in [-0.4, -0.2) is 26.9 Å². The normalized spacial score (nSPS) is 13.0. The molecule has 0 aliphatic heterocycles. The summed E-state index contributed by atoms with van der Waals surface area (Å²) in [6, 6.07) is 3.90. The van der Waals surface area contributed by atoms with Crippen LogP contribution in [0.2, 0.25) is 0 Å². The van der Waals surface area contributed by atoms with Crippen molar-refractivity contribution in [2.24, 2.45) is 0 Å². The Morgan fingerprint density at radius 2 is 2.00 bits per heavy atom. The molecule has 5 nitrogen and oxygen atoms in total. The highest BCUT2D eigenvalue weighted by atomic mass is 79.9. The van der Waals surface area contributed by atoms with E-state index in [1.165, 1.54) is 13.0 Å². The number of hydrogen-bond acceptors (Lipinski definition) is 3. The fourth-order valence-corrected chi connectivity index (χ4v) is 4.39. The third kappa shape index (κ3) is 4.83. The van der Waals surface area contributed by atoms with Crippen LogP contribution >= 0.6 is 31.9 Å². The molecule has 0 radical (unpaired) electrons. The number of carbonyl (C=O) groups is 1. The number of amides is 1. The van der Waals surface area contributed by atoms with Crippen LogP contribution in [0.5, 0.6) is 0 Å². The first kappa shape index (κ1) is 17.6. The summed E-state index contributed by atoms with van der Waals surface area (Å²) in [6.45, 7) is 3.95. The van der Waals surface area contributed by atoms with Crippen molar-refractivity contribution in [3.8, 4) is 0 Å². The number of halogens is 2. The topological polar surface area (TPSA) is 75.3 Å². The van der Waals surface area contributed by atoms with E-state index in [2.05, 4.69) is 41.9 Å². The van der Waals surface area contributed by atoms with Gasteiger partial charge in [-0.05, 0) is 47.5 Å². The Balaban J connectivity index is 2.87. The molecule has 20 heavy (non-hydrogen) atoms. The molecule has 1 aromatic rings. The minimum absolute atomic E-state index is 0.0934. The first-order valence-corrected chi connectivity index (χ1v) is 9.10. The highest BCUT2D eigenvalue weighted by Crippen LogP contribution is 2.25. The second-order valence-corrected chi connectivity index (χ2v) is 7.66. The van der Waals surface area contributed by atoms with E-state index in [9.17, 15) is 13.2 Å². The monoisotopic (exact) mass is 426 g/mol. The van der Waals surface area contributed by atoms with Gasteiger partial charge in [-0.15, -0.1) is 0 Å². The molecule has 0 heterocycles. The van der Waals surface area contributed by atoms with Gasteiger partial charge < -0.3 is 5.32 Å². The molecule has 0 saturated carbocycles. The lowest BCUT2D eigenvalue weighted by Crippen LogP contribution is -2.44. The average Bonchev–Trinajstić information content (AvgIpc) is 2.34. The van der Waals surface area contributed by atoms with E-state index in [-0.39, 0.29) is 10.8 Å². The maximum absolute atomic E-state index is 12.2. The Labute approximate surface area is 135 Å². The van der Waals surface area contributed by atoms with Crippen molar-refractivity contribution in [3.05, 3.63) is 27.1 Å². The predicted molar refractivity (Wildman–Crippen MR) is 84.9 cm³/mol. The van der Waals surface area contributed by atoms with Crippen LogP contribution in [-0.2, 0) is 14.8 Å². The maximum atomic E-state index is 12.2. The fraction of sp³-hybridized carbons (Fsp3) is 0.417. The summed E-state index contributed by atoms with van der Waals surface area (Å²) in [5.74, 6) is -0.344. The number of nitrogens with one attached hydrogen (secondary N) is 2. The van der Waals surface area contributed by atoms with Gasteiger partial charge in [0.05, 0.1) is 10.9 Å². The Kier molecular flexibility index (Phi) is 6.63. The summed E-state index contributed by atoms with van der Waals surface area (Å²) in [5.41, 5.74) is 0. The van der Waals surface area contributed by atoms with Crippen molar-refractivity contribution >= 4 is 47.8 Å². The number of hydrogen-bond donors (Lipinski definition) is 2. The number of sulfonamides is 1. The fourth-order valence-electron chi connectivity index (χ4n) is 1.44. The van der Waals surface area contributed by atoms with Gasteiger partial charge in [-0.1, -0.05) is 22.9 Å². The second-order valence-electron chi connectivity index (χ2n) is 4.21. The minimum atomic E-state index is -3.76. The largest absolute Gasteiger partial charge is 0.355 e. The van der Waals surface area contributed by atoms with Crippen molar-refractivity contribution in [1.82, 2.24) is 10.0 Å². The van der Waals surface area contributed by atoms with Gasteiger partial charge in [-0.25, -0.2) is 8.42 Å². The third-order valence-electron chi connectivity index (χ3n) is 2.46. The molecule has 1 atom stereocenters. The van der Waals surface area contributed by atoms with Gasteiger partial charge in [-0.2, -0.15) is 4.72 Å². The van der Waals surface area contributed by atoms with Crippen molar-refractivity contribution in [2.75, 3.05) is 6.54 Å². The molecule has 0 fully saturated rings. The molecule has 2 N–H and O–H groups in total. The quantitative estimate of drug-likeness (QED) is 0.731. The van der Waals surface area contributed by atoms with E-state index in [0.717, 1.165) is 10.9 Å². The van der Waals surface area contributed by atoms with E-state index in [1.807, 2.05) is 6.92 Å². The molecule has 0 aliphatic rings. The lowest BCUT2D eigenvalue weighted by Gasteiger charge is -2.15. The number of benzene rings is 1. The molecule has 0 spiro atoms. The molecule has 0 aliphatic carbocycles. The van der Waals surface area contributed by atoms with Gasteiger partial charge in [0.25, 0.3) is 0 Å². The Morgan fingerprint density at radius 1 is 1.35 bits per heavy atom. The molecule has 1 unspecified atom stereocenters. The first-order valence-electron chi connectivity index (χ1n) is 6.03. The number of carbonyl (C=O) groups excluding carboxylic acids is 1. The zero-order valence-corrected chi connectivity index (χ0v) is 15.1. The SMILES string of the molecule is CCCNC(=O)C(C)NS(=O)(=O)c1ccc(Br)cc1Br. The van der Waals surface area contributed by atoms with E-state index >= 15 is 0 Å². The Bertz CT molecular complexity index is 590. The van der Waals surface area contributed by atoms with Crippen molar-refractivity contribution in [1.29, 1.82) is 0 Å². The van der Waals surface area contributed by atoms with E-state index in [1.54, 1.807) is 12.1 Å². The van der Waals surface area contributed by atoms with E-state index < -0.39 is 16.1 Å². The molecule has 0 aromatic heterocycles. The Morgan fingerprint density at radius 3 is 2.55 bits per heavy atom. The van der Waals surface area contributed by atoms with Gasteiger partial charge in [0, 0.05) is 15.5 Å². The first-order chi connectivity index (χ1) is 9.27. The summed E-state index contributed by atoms with van der Waals surface area (Å²) >= 11 is 6.46. The third-order valence-corrected chi connectivity index (χ3v) is 5.47. The van der Waals surface area contributed by atoms with Crippen LogP contribution in [0.4, 0.5) is 0 Å². The second kappa shape index (κ2) is 7.53. The van der Waals surface area contributed by atoms with Gasteiger partial charge in [-0.3, -0.25) is 4.79 Å². The molecule has 1 amide bonds. The van der Waals surface area contributed by atoms with Crippen LogP contribution < -0.4 is 10.0 Å². The predicted octanol–water partition coefficient (Wildman–Crippen LogP) is 2.40. The Hall–Kier alpha value is -0.440. The van der Waals surface area contributed by atoms with Crippen molar-refractivity contribution in [2.45, 2.75) is 31.2 Å². The summed E-state index contributed by atoms with van der Waals surface area (Å²) < 4.78 is 28.0. The molecule has 1 aromatic carbocycles. The van der Waals surface area contributed by atoms with Crippen LogP contribution in [0.25, 0.3) is 0 Å². The van der Waals surface area contributed by atoms with Crippen LogP contribution in [0.3, 0.4) is 0 Å². The van der Waals surface area contributed by atoms with Gasteiger partial charge >= 0.3 is 0 Å². The number of rotatable bonds is 6. The summed E-state index contributed by atoms with van der Waals surface area (Å²) in [6.07, 6.45) is 0.795. The molecule has 8 heteroatoms. The van der Waals surface area contributed by atoms with Gasteiger partial charge in [0.1, 0.15) is 0 Å². The van der Waals surface area contributed by atoms with Crippen LogP contribution in [0.15, 0.2) is 32.0 Å². The zero-order chi connectivity index (χ0) is 15.3. The van der Waals surface area contributed by atoms with Crippen LogP contribution in [0, 0.1) is 0 Å². The lowest BCUT2D eigenvalue weighted by atomic mass is 10.3. The molecule has 1 rings (SSSR count). The summed E-state index contributed by atoms with van der Waals surface area (Å²) in [4.78, 5) is 11.8. The van der Waals surface area contributed by atoms with E-state index in [0.29, 0.717) is 11.0 Å². The molecule has 112 valence electrons. The minimum Gasteiger partial charge on any atom is -0.355 e. The van der Waals surface area contributed by atoms with Crippen molar-refractivity contribution < 1.29 is 13.2 Å². The standard InChI is InChI=1S/C12H16Br2N2O3S/c1-3-6-15-12(17)8(2)16-20(18,19)11-5-4-9(13)7-10(11)14/h4-5,7-8,16H,3,6H2,1-2H3,(H,15,17). The lowest BCUT2D eigenvalue weighted by molar-refractivity contribution is -0.122. The summed E-state index contributed by atoms with van der Waals surface area (Å²) in [7, 11) is -3.76. The molecule has 0 saturated heterocycles. The summed E-state index contributed by atoms with van der Waals surface area (Å²) in [5, 5.41) is 2.64. The highest BCUT2D eigenvalue weighted by Gasteiger charge is 2.23. The average molecular weight is 428 g/mol. The van der Waals surface area contributed by atoms with E-state index in [4.69, 9.17) is 0 Å².